The summed E-state index contributed by atoms with van der Waals surface area (Å²) in [6.45, 7) is 8.35. The van der Waals surface area contributed by atoms with Crippen molar-refractivity contribution < 1.29 is 23.4 Å². The van der Waals surface area contributed by atoms with Gasteiger partial charge >= 0.3 is 6.09 Å². The predicted octanol–water partition coefficient (Wildman–Crippen LogP) is 5.88. The Morgan fingerprint density at radius 1 is 1.15 bits per heavy atom. The SMILES string of the molecule is Cc1nc2cc(-c3nc(Nc4ccc5c(n4)CCN(C(O)CN(C)C(=O)OC(C)(C)C)C5)ncc3F)cc(F)c2n1C1CCCC1. The number of rotatable bonds is 7. The molecule has 1 unspecified atom stereocenters. The Morgan fingerprint density at radius 2 is 1.91 bits per heavy atom. The molecular weight excluding hydrogens is 594 g/mol. The third-order valence-electron chi connectivity index (χ3n) is 8.50. The number of carbonyl (C=O) groups excluding carboxylic acids is 1. The van der Waals surface area contributed by atoms with Crippen molar-refractivity contribution in [3.8, 4) is 11.3 Å². The second-order valence-corrected chi connectivity index (χ2v) is 13.2. The summed E-state index contributed by atoms with van der Waals surface area (Å²) in [5.74, 6) is 0.204. The van der Waals surface area contributed by atoms with Gasteiger partial charge in [-0.1, -0.05) is 18.9 Å². The number of aromatic nitrogens is 5. The normalized spacial score (nSPS) is 16.4. The molecule has 13 heteroatoms. The van der Waals surface area contributed by atoms with Gasteiger partial charge in [-0.05, 0) is 64.3 Å². The van der Waals surface area contributed by atoms with Gasteiger partial charge in [0.25, 0.3) is 0 Å². The number of amides is 1. The molecule has 0 bridgehead atoms. The van der Waals surface area contributed by atoms with E-state index in [2.05, 4.69) is 20.3 Å². The maximum atomic E-state index is 15.5. The second-order valence-electron chi connectivity index (χ2n) is 13.2. The monoisotopic (exact) mass is 634 g/mol. The standard InChI is InChI=1S/C33H40F2N8O3/c1-19-37-26-15-21(14-23(34)30(26)43(19)22-8-6-7-9-22)29-24(35)16-36-31(40-29)39-27-11-10-20-17-42(13-12-25(20)38-27)28(44)18-41(5)32(45)46-33(2,3)4/h10-11,14-16,22,28,44H,6-9,12-13,17-18H2,1-5H3,(H,36,38,39,40). The maximum Gasteiger partial charge on any atom is 0.410 e. The topological polar surface area (TPSA) is 122 Å². The summed E-state index contributed by atoms with van der Waals surface area (Å²) in [5, 5.41) is 13.9. The predicted molar refractivity (Wildman–Crippen MR) is 169 cm³/mol. The number of hydrogen-bond acceptors (Lipinski definition) is 9. The van der Waals surface area contributed by atoms with Crippen molar-refractivity contribution in [1.82, 2.24) is 34.3 Å². The van der Waals surface area contributed by atoms with Crippen LogP contribution in [0.4, 0.5) is 25.3 Å². The smallest absolute Gasteiger partial charge is 0.410 e. The molecule has 1 atom stereocenters. The Hall–Kier alpha value is -4.23. The van der Waals surface area contributed by atoms with E-state index < -0.39 is 29.6 Å². The number of aliphatic hydroxyl groups excluding tert-OH is 1. The van der Waals surface area contributed by atoms with Crippen LogP contribution in [0, 0.1) is 18.6 Å². The van der Waals surface area contributed by atoms with E-state index in [1.807, 2.05) is 22.5 Å². The van der Waals surface area contributed by atoms with Gasteiger partial charge < -0.3 is 24.6 Å². The van der Waals surface area contributed by atoms with Crippen LogP contribution in [0.25, 0.3) is 22.3 Å². The van der Waals surface area contributed by atoms with Crippen molar-refractivity contribution in [3.05, 3.63) is 59.2 Å². The number of carbonyl (C=O) groups is 1. The minimum Gasteiger partial charge on any atom is -0.444 e. The lowest BCUT2D eigenvalue weighted by Gasteiger charge is -2.34. The molecule has 1 saturated carbocycles. The molecule has 11 nitrogen and oxygen atoms in total. The molecule has 6 rings (SSSR count). The lowest BCUT2D eigenvalue weighted by molar-refractivity contribution is -0.0331. The Bertz CT molecular complexity index is 1770. The van der Waals surface area contributed by atoms with Gasteiger partial charge in [0, 0.05) is 43.9 Å². The molecule has 0 spiro atoms. The van der Waals surface area contributed by atoms with Crippen LogP contribution in [0.15, 0.2) is 30.5 Å². The van der Waals surface area contributed by atoms with Crippen LogP contribution in [0.2, 0.25) is 0 Å². The van der Waals surface area contributed by atoms with Crippen molar-refractivity contribution in [2.75, 3.05) is 25.5 Å². The van der Waals surface area contributed by atoms with Crippen LogP contribution in [0.1, 0.15) is 69.6 Å². The molecule has 0 radical (unpaired) electrons. The number of aryl methyl sites for hydroxylation is 1. The van der Waals surface area contributed by atoms with Crippen molar-refractivity contribution >= 4 is 28.9 Å². The molecule has 2 N–H and O–H groups in total. The lowest BCUT2D eigenvalue weighted by Crippen LogP contribution is -2.47. The Morgan fingerprint density at radius 3 is 2.65 bits per heavy atom. The number of nitrogens with one attached hydrogen (secondary N) is 1. The zero-order valence-electron chi connectivity index (χ0n) is 26.8. The van der Waals surface area contributed by atoms with Gasteiger partial charge in [0.1, 0.15) is 40.5 Å². The molecule has 46 heavy (non-hydrogen) atoms. The van der Waals surface area contributed by atoms with E-state index in [0.29, 0.717) is 36.4 Å². The molecule has 1 amide bonds. The van der Waals surface area contributed by atoms with E-state index in [9.17, 15) is 9.90 Å². The number of fused-ring (bicyclic) bond motifs is 2. The van der Waals surface area contributed by atoms with Crippen LogP contribution in [-0.4, -0.2) is 77.5 Å². The molecule has 1 aliphatic heterocycles. The largest absolute Gasteiger partial charge is 0.444 e. The number of aliphatic hydroxyl groups is 1. The van der Waals surface area contributed by atoms with Gasteiger partial charge in [-0.25, -0.2) is 33.5 Å². The zero-order chi connectivity index (χ0) is 32.7. The van der Waals surface area contributed by atoms with Crippen molar-refractivity contribution in [1.29, 1.82) is 0 Å². The molecule has 2 aliphatic rings. The highest BCUT2D eigenvalue weighted by Gasteiger charge is 2.28. The van der Waals surface area contributed by atoms with E-state index in [1.54, 1.807) is 40.0 Å². The summed E-state index contributed by atoms with van der Waals surface area (Å²) in [7, 11) is 1.60. The fourth-order valence-electron chi connectivity index (χ4n) is 6.33. The molecule has 0 saturated heterocycles. The van der Waals surface area contributed by atoms with Gasteiger partial charge in [-0.3, -0.25) is 4.90 Å². The van der Waals surface area contributed by atoms with Gasteiger partial charge in [-0.15, -0.1) is 0 Å². The van der Waals surface area contributed by atoms with Crippen molar-refractivity contribution in [2.24, 2.45) is 0 Å². The highest BCUT2D eigenvalue weighted by atomic mass is 19.1. The number of halogens is 2. The minimum atomic E-state index is -0.876. The summed E-state index contributed by atoms with van der Waals surface area (Å²) in [6.07, 6.45) is 4.46. The molecule has 1 aliphatic carbocycles. The number of benzene rings is 1. The highest BCUT2D eigenvalue weighted by Crippen LogP contribution is 2.36. The summed E-state index contributed by atoms with van der Waals surface area (Å²) >= 11 is 0. The van der Waals surface area contributed by atoms with Crippen LogP contribution < -0.4 is 5.32 Å². The number of nitrogens with zero attached hydrogens (tertiary/aromatic N) is 7. The zero-order valence-corrected chi connectivity index (χ0v) is 26.8. The highest BCUT2D eigenvalue weighted by molar-refractivity contribution is 5.83. The van der Waals surface area contributed by atoms with E-state index in [-0.39, 0.29) is 29.8 Å². The Kier molecular flexibility index (Phi) is 8.64. The summed E-state index contributed by atoms with van der Waals surface area (Å²) in [6, 6.07) is 6.87. The van der Waals surface area contributed by atoms with E-state index >= 15 is 8.78 Å². The van der Waals surface area contributed by atoms with Crippen LogP contribution in [0.3, 0.4) is 0 Å². The van der Waals surface area contributed by atoms with Gasteiger partial charge in [0.15, 0.2) is 5.82 Å². The molecular formula is C33H40F2N8O3. The minimum absolute atomic E-state index is 0.0368. The first-order valence-corrected chi connectivity index (χ1v) is 15.7. The average molecular weight is 635 g/mol. The number of pyridine rings is 1. The van der Waals surface area contributed by atoms with Gasteiger partial charge in [-0.2, -0.15) is 0 Å². The first-order chi connectivity index (χ1) is 21.9. The number of anilines is 2. The third kappa shape index (κ3) is 6.66. The molecule has 4 aromatic rings. The fourth-order valence-corrected chi connectivity index (χ4v) is 6.33. The molecule has 3 aromatic heterocycles. The Balaban J connectivity index is 1.16. The third-order valence-corrected chi connectivity index (χ3v) is 8.50. The van der Waals surface area contributed by atoms with Crippen molar-refractivity contribution in [3.63, 3.8) is 0 Å². The van der Waals surface area contributed by atoms with Crippen LogP contribution in [0.5, 0.6) is 0 Å². The quantitative estimate of drug-likeness (QED) is 0.257. The van der Waals surface area contributed by atoms with Crippen molar-refractivity contribution in [2.45, 2.75) is 84.2 Å². The number of likely N-dealkylation sites (N-methyl/N-ethyl adjacent to an activating group) is 1. The van der Waals surface area contributed by atoms with E-state index in [1.165, 1.54) is 11.0 Å². The molecule has 4 heterocycles. The molecule has 1 aromatic carbocycles. The van der Waals surface area contributed by atoms with Crippen LogP contribution >= 0.6 is 0 Å². The van der Waals surface area contributed by atoms with E-state index in [0.717, 1.165) is 49.0 Å². The summed E-state index contributed by atoms with van der Waals surface area (Å²) < 4.78 is 37.9. The van der Waals surface area contributed by atoms with E-state index in [4.69, 9.17) is 9.72 Å². The first kappa shape index (κ1) is 31.7. The summed E-state index contributed by atoms with van der Waals surface area (Å²) in [5.41, 5.74) is 2.32. The Labute approximate surface area is 266 Å². The second kappa shape index (κ2) is 12.5. The van der Waals surface area contributed by atoms with Crippen LogP contribution in [-0.2, 0) is 17.7 Å². The average Bonchev–Trinajstić information content (AvgIpc) is 3.64. The number of hydrogen-bond donors (Lipinski definition) is 2. The fraction of sp³-hybridized carbons (Fsp3) is 0.485. The lowest BCUT2D eigenvalue weighted by atomic mass is 10.1. The molecule has 1 fully saturated rings. The maximum absolute atomic E-state index is 15.5. The number of ether oxygens (including phenoxy) is 1. The molecule has 244 valence electrons. The number of imidazole rings is 1. The summed E-state index contributed by atoms with van der Waals surface area (Å²) in [4.78, 5) is 33.3. The first-order valence-electron chi connectivity index (χ1n) is 15.7. The van der Waals surface area contributed by atoms with Gasteiger partial charge in [0.05, 0.1) is 18.3 Å². The van der Waals surface area contributed by atoms with Gasteiger partial charge in [0.2, 0.25) is 5.95 Å².